The van der Waals surface area contributed by atoms with E-state index in [2.05, 4.69) is 5.32 Å². The number of rotatable bonds is 7. The number of hydrogen-bond donors (Lipinski definition) is 1. The molecule has 0 fully saturated rings. The lowest BCUT2D eigenvalue weighted by Crippen LogP contribution is -2.27. The molecule has 7 nitrogen and oxygen atoms in total. The minimum Gasteiger partial charge on any atom is -0.445 e. The molecule has 0 saturated carbocycles. The van der Waals surface area contributed by atoms with Crippen LogP contribution in [-0.2, 0) is 22.6 Å². The van der Waals surface area contributed by atoms with E-state index in [1.165, 1.54) is 6.07 Å². The zero-order valence-electron chi connectivity index (χ0n) is 16.9. The van der Waals surface area contributed by atoms with Gasteiger partial charge in [0.25, 0.3) is 0 Å². The summed E-state index contributed by atoms with van der Waals surface area (Å²) < 4.78 is 15.8. The molecule has 1 aromatic heterocycles. The van der Waals surface area contributed by atoms with E-state index in [4.69, 9.17) is 13.9 Å². The lowest BCUT2D eigenvalue weighted by atomic mass is 10.0. The summed E-state index contributed by atoms with van der Waals surface area (Å²) in [6.07, 6.45) is 0.0474. The largest absolute Gasteiger partial charge is 0.445 e. The Labute approximate surface area is 173 Å². The number of hydrogen-bond acceptors (Lipinski definition) is 6. The first-order chi connectivity index (χ1) is 14.5. The van der Waals surface area contributed by atoms with Crippen molar-refractivity contribution >= 4 is 23.0 Å². The van der Waals surface area contributed by atoms with E-state index in [0.717, 1.165) is 16.5 Å². The Bertz CT molecular complexity index is 1100. The summed E-state index contributed by atoms with van der Waals surface area (Å²) in [4.78, 5) is 35.6. The van der Waals surface area contributed by atoms with Gasteiger partial charge in [-0.3, -0.25) is 4.79 Å². The summed E-state index contributed by atoms with van der Waals surface area (Å²) >= 11 is 0. The minimum atomic E-state index is -0.609. The predicted molar refractivity (Wildman–Crippen MR) is 111 cm³/mol. The number of esters is 1. The van der Waals surface area contributed by atoms with Crippen molar-refractivity contribution in [2.45, 2.75) is 33.3 Å². The van der Waals surface area contributed by atoms with Crippen molar-refractivity contribution in [3.63, 3.8) is 0 Å². The van der Waals surface area contributed by atoms with Crippen LogP contribution in [0, 0.1) is 6.92 Å². The number of carbonyl (C=O) groups is 2. The Hall–Kier alpha value is -3.61. The first-order valence-corrected chi connectivity index (χ1v) is 9.69. The van der Waals surface area contributed by atoms with Crippen LogP contribution in [0.25, 0.3) is 11.0 Å². The third-order valence-electron chi connectivity index (χ3n) is 4.61. The second kappa shape index (κ2) is 9.73. The molecule has 2 aromatic carbocycles. The number of alkyl carbamates (subject to hydrolysis) is 1. The Morgan fingerprint density at radius 2 is 1.87 bits per heavy atom. The summed E-state index contributed by atoms with van der Waals surface area (Å²) in [5, 5.41) is 3.33. The van der Waals surface area contributed by atoms with Gasteiger partial charge in [0, 0.05) is 23.6 Å². The first kappa shape index (κ1) is 21.1. The van der Waals surface area contributed by atoms with E-state index >= 15 is 0 Å². The third kappa shape index (κ3) is 5.26. The SMILES string of the molecule is CCc1cc(=O)oc2c(C)c(OC(=O)CCNC(=O)OCc3ccccc3)ccc12. The lowest BCUT2D eigenvalue weighted by Gasteiger charge is -2.11. The van der Waals surface area contributed by atoms with Gasteiger partial charge in [-0.2, -0.15) is 0 Å². The van der Waals surface area contributed by atoms with Crippen LogP contribution in [0.4, 0.5) is 4.79 Å². The van der Waals surface area contributed by atoms with Crippen LogP contribution in [0.3, 0.4) is 0 Å². The van der Waals surface area contributed by atoms with Crippen molar-refractivity contribution in [3.05, 3.63) is 75.6 Å². The molecule has 0 saturated heterocycles. The van der Waals surface area contributed by atoms with E-state index in [9.17, 15) is 14.4 Å². The maximum Gasteiger partial charge on any atom is 0.407 e. The van der Waals surface area contributed by atoms with Gasteiger partial charge in [-0.05, 0) is 36.6 Å². The fraction of sp³-hybridized carbons (Fsp3) is 0.261. The second-order valence-electron chi connectivity index (χ2n) is 6.72. The normalized spacial score (nSPS) is 10.6. The molecule has 3 rings (SSSR count). The molecule has 0 unspecified atom stereocenters. The van der Waals surface area contributed by atoms with Crippen LogP contribution in [0.1, 0.15) is 30.0 Å². The van der Waals surface area contributed by atoms with Gasteiger partial charge in [-0.1, -0.05) is 37.3 Å². The highest BCUT2D eigenvalue weighted by molar-refractivity contribution is 5.86. The van der Waals surface area contributed by atoms with Crippen LogP contribution in [-0.4, -0.2) is 18.6 Å². The summed E-state index contributed by atoms with van der Waals surface area (Å²) in [6, 6.07) is 14.2. The third-order valence-corrected chi connectivity index (χ3v) is 4.61. The van der Waals surface area contributed by atoms with Gasteiger partial charge in [-0.15, -0.1) is 0 Å². The average Bonchev–Trinajstić information content (AvgIpc) is 2.74. The Morgan fingerprint density at radius 3 is 2.60 bits per heavy atom. The molecule has 1 heterocycles. The van der Waals surface area contributed by atoms with Crippen LogP contribution in [0.2, 0.25) is 0 Å². The van der Waals surface area contributed by atoms with Crippen molar-refractivity contribution in [1.82, 2.24) is 5.32 Å². The standard InChI is InChI=1S/C23H23NO6/c1-3-17-13-21(26)30-22-15(2)19(10-9-18(17)22)29-20(25)11-12-24-23(27)28-14-16-7-5-4-6-8-16/h4-10,13H,3,11-12,14H2,1-2H3,(H,24,27). The molecule has 1 amide bonds. The summed E-state index contributed by atoms with van der Waals surface area (Å²) in [6.45, 7) is 3.91. The smallest absolute Gasteiger partial charge is 0.407 e. The molecule has 0 aliphatic carbocycles. The summed E-state index contributed by atoms with van der Waals surface area (Å²) in [7, 11) is 0. The zero-order chi connectivity index (χ0) is 21.5. The Kier molecular flexibility index (Phi) is 6.85. The Morgan fingerprint density at radius 1 is 1.10 bits per heavy atom. The van der Waals surface area contributed by atoms with Crippen molar-refractivity contribution in [2.24, 2.45) is 0 Å². The second-order valence-corrected chi connectivity index (χ2v) is 6.72. The van der Waals surface area contributed by atoms with E-state index in [1.807, 2.05) is 37.3 Å². The predicted octanol–water partition coefficient (Wildman–Crippen LogP) is 3.89. The zero-order valence-corrected chi connectivity index (χ0v) is 16.9. The molecule has 156 valence electrons. The number of aryl methyl sites for hydroxylation is 2. The minimum absolute atomic E-state index is 0.0309. The number of nitrogens with one attached hydrogen (secondary N) is 1. The maximum atomic E-state index is 12.1. The van der Waals surface area contributed by atoms with Gasteiger partial charge in [0.1, 0.15) is 17.9 Å². The molecule has 7 heteroatoms. The average molecular weight is 409 g/mol. The molecular formula is C23H23NO6. The first-order valence-electron chi connectivity index (χ1n) is 9.69. The van der Waals surface area contributed by atoms with Crippen LogP contribution in [0.15, 0.2) is 57.7 Å². The molecule has 30 heavy (non-hydrogen) atoms. The number of benzene rings is 2. The number of fused-ring (bicyclic) bond motifs is 1. The van der Waals surface area contributed by atoms with Crippen LogP contribution >= 0.6 is 0 Å². The molecular weight excluding hydrogens is 386 g/mol. The molecule has 0 radical (unpaired) electrons. The number of ether oxygens (including phenoxy) is 2. The van der Waals surface area contributed by atoms with Gasteiger partial charge in [0.2, 0.25) is 0 Å². The highest BCUT2D eigenvalue weighted by Gasteiger charge is 2.14. The molecule has 0 bridgehead atoms. The van der Waals surface area contributed by atoms with Crippen molar-refractivity contribution in [1.29, 1.82) is 0 Å². The number of amides is 1. The van der Waals surface area contributed by atoms with Gasteiger partial charge < -0.3 is 19.2 Å². The van der Waals surface area contributed by atoms with Gasteiger partial charge in [0.05, 0.1) is 6.42 Å². The van der Waals surface area contributed by atoms with Crippen molar-refractivity contribution in [2.75, 3.05) is 6.54 Å². The lowest BCUT2D eigenvalue weighted by molar-refractivity contribution is -0.134. The fourth-order valence-corrected chi connectivity index (χ4v) is 3.03. The molecule has 0 atom stereocenters. The quantitative estimate of drug-likeness (QED) is 0.361. The monoisotopic (exact) mass is 409 g/mol. The topological polar surface area (TPSA) is 94.8 Å². The fourth-order valence-electron chi connectivity index (χ4n) is 3.03. The molecule has 0 spiro atoms. The van der Waals surface area contributed by atoms with Gasteiger partial charge in [0.15, 0.2) is 0 Å². The molecule has 0 aliphatic rings. The molecule has 3 aromatic rings. The molecule has 1 N–H and O–H groups in total. The van der Waals surface area contributed by atoms with Crippen LogP contribution < -0.4 is 15.7 Å². The van der Waals surface area contributed by atoms with Gasteiger partial charge >= 0.3 is 17.7 Å². The van der Waals surface area contributed by atoms with E-state index in [1.54, 1.807) is 19.1 Å². The molecule has 0 aliphatic heterocycles. The Balaban J connectivity index is 1.53. The number of carbonyl (C=O) groups excluding carboxylic acids is 2. The van der Waals surface area contributed by atoms with E-state index in [-0.39, 0.29) is 19.6 Å². The van der Waals surface area contributed by atoms with Crippen molar-refractivity contribution < 1.29 is 23.5 Å². The highest BCUT2D eigenvalue weighted by atomic mass is 16.5. The van der Waals surface area contributed by atoms with Crippen LogP contribution in [0.5, 0.6) is 5.75 Å². The van der Waals surface area contributed by atoms with E-state index in [0.29, 0.717) is 23.3 Å². The summed E-state index contributed by atoms with van der Waals surface area (Å²) in [5.74, 6) is -0.203. The van der Waals surface area contributed by atoms with Gasteiger partial charge in [-0.25, -0.2) is 9.59 Å². The maximum absolute atomic E-state index is 12.1. The highest BCUT2D eigenvalue weighted by Crippen LogP contribution is 2.28. The van der Waals surface area contributed by atoms with E-state index < -0.39 is 17.7 Å². The summed E-state index contributed by atoms with van der Waals surface area (Å²) in [5.41, 5.74) is 2.29. The van der Waals surface area contributed by atoms with Crippen molar-refractivity contribution in [3.8, 4) is 5.75 Å².